The fourth-order valence-corrected chi connectivity index (χ4v) is 2.97. The number of ether oxygens (including phenoxy) is 1. The number of nitrogens with one attached hydrogen (secondary N) is 1. The summed E-state index contributed by atoms with van der Waals surface area (Å²) in [6.07, 6.45) is 4.54. The van der Waals surface area contributed by atoms with Gasteiger partial charge in [0.15, 0.2) is 5.54 Å². The Balaban J connectivity index is 1.95. The van der Waals surface area contributed by atoms with Crippen molar-refractivity contribution in [1.82, 2.24) is 10.2 Å². The number of nitrogens with zero attached hydrogens (tertiary/aromatic N) is 1. The molecule has 20 heavy (non-hydrogen) atoms. The van der Waals surface area contributed by atoms with E-state index in [1.165, 1.54) is 0 Å². The van der Waals surface area contributed by atoms with Gasteiger partial charge in [0.05, 0.1) is 6.61 Å². The van der Waals surface area contributed by atoms with Crippen LogP contribution in [0.15, 0.2) is 0 Å². The molecule has 0 spiro atoms. The maximum atomic E-state index is 12.3. The molecule has 0 radical (unpaired) electrons. The third-order valence-electron chi connectivity index (χ3n) is 4.63. The Labute approximate surface area is 119 Å². The van der Waals surface area contributed by atoms with Gasteiger partial charge in [0, 0.05) is 26.1 Å². The molecule has 114 valence electrons. The molecule has 2 rings (SSSR count). The van der Waals surface area contributed by atoms with Gasteiger partial charge >= 0.3 is 12.0 Å². The average Bonchev–Trinajstić information content (AvgIpc) is 2.88. The van der Waals surface area contributed by atoms with Crippen molar-refractivity contribution in [3.8, 4) is 0 Å². The molecular weight excluding hydrogens is 260 g/mol. The van der Waals surface area contributed by atoms with Gasteiger partial charge in [0.25, 0.3) is 0 Å². The highest BCUT2D eigenvalue weighted by Crippen LogP contribution is 2.27. The lowest BCUT2D eigenvalue weighted by Gasteiger charge is -2.35. The van der Waals surface area contributed by atoms with E-state index in [9.17, 15) is 14.7 Å². The van der Waals surface area contributed by atoms with E-state index in [0.717, 1.165) is 31.6 Å². The van der Waals surface area contributed by atoms with Gasteiger partial charge < -0.3 is 20.1 Å². The summed E-state index contributed by atoms with van der Waals surface area (Å²) in [5, 5.41) is 12.0. The van der Waals surface area contributed by atoms with Crippen LogP contribution in [0.5, 0.6) is 0 Å². The lowest BCUT2D eigenvalue weighted by Crippen LogP contribution is -2.59. The van der Waals surface area contributed by atoms with Crippen LogP contribution in [0, 0.1) is 5.92 Å². The molecule has 2 amide bonds. The predicted octanol–water partition coefficient (Wildman–Crippen LogP) is 1.45. The first-order valence-electron chi connectivity index (χ1n) is 7.31. The summed E-state index contributed by atoms with van der Waals surface area (Å²) in [6, 6.07) is -0.100. The van der Waals surface area contributed by atoms with Crippen LogP contribution in [0.2, 0.25) is 0 Å². The van der Waals surface area contributed by atoms with E-state index >= 15 is 0 Å². The number of aliphatic carboxylic acids is 1. The van der Waals surface area contributed by atoms with E-state index in [1.807, 2.05) is 0 Å². The number of carboxylic acid groups (broad SMARTS) is 1. The monoisotopic (exact) mass is 284 g/mol. The molecule has 1 saturated heterocycles. The Kier molecular flexibility index (Phi) is 4.52. The summed E-state index contributed by atoms with van der Waals surface area (Å²) in [5.41, 5.74) is -1.26. The Bertz CT molecular complexity index is 371. The zero-order chi connectivity index (χ0) is 14.8. The summed E-state index contributed by atoms with van der Waals surface area (Å²) in [4.78, 5) is 25.3. The quantitative estimate of drug-likeness (QED) is 0.822. The molecule has 0 aromatic carbocycles. The summed E-state index contributed by atoms with van der Waals surface area (Å²) in [7, 11) is 1.75. The third kappa shape index (κ3) is 3.06. The van der Waals surface area contributed by atoms with Crippen LogP contribution in [0.1, 0.15) is 39.0 Å². The fraction of sp³-hybridized carbons (Fsp3) is 0.857. The van der Waals surface area contributed by atoms with Crippen LogP contribution in [0.4, 0.5) is 4.79 Å². The lowest BCUT2D eigenvalue weighted by atomic mass is 9.87. The first-order valence-corrected chi connectivity index (χ1v) is 7.31. The first-order chi connectivity index (χ1) is 9.44. The Morgan fingerprint density at radius 2 is 1.95 bits per heavy atom. The zero-order valence-electron chi connectivity index (χ0n) is 12.2. The number of amides is 2. The van der Waals surface area contributed by atoms with Gasteiger partial charge in [-0.3, -0.25) is 0 Å². The topological polar surface area (TPSA) is 78.9 Å². The van der Waals surface area contributed by atoms with E-state index < -0.39 is 11.5 Å². The second-order valence-corrected chi connectivity index (χ2v) is 6.14. The molecule has 1 aliphatic heterocycles. The van der Waals surface area contributed by atoms with E-state index in [0.29, 0.717) is 13.0 Å². The lowest BCUT2D eigenvalue weighted by molar-refractivity contribution is -0.144. The highest BCUT2D eigenvalue weighted by Gasteiger charge is 2.45. The predicted molar refractivity (Wildman–Crippen MR) is 73.5 cm³/mol. The van der Waals surface area contributed by atoms with Crippen LogP contribution in [0.3, 0.4) is 0 Å². The van der Waals surface area contributed by atoms with E-state index in [1.54, 1.807) is 11.9 Å². The Morgan fingerprint density at radius 1 is 1.30 bits per heavy atom. The van der Waals surface area contributed by atoms with Crippen molar-refractivity contribution >= 4 is 12.0 Å². The van der Waals surface area contributed by atoms with Gasteiger partial charge in [-0.1, -0.05) is 6.92 Å². The van der Waals surface area contributed by atoms with Crippen molar-refractivity contribution in [2.24, 2.45) is 5.92 Å². The molecule has 2 N–H and O–H groups in total. The molecule has 1 heterocycles. The molecule has 0 bridgehead atoms. The minimum atomic E-state index is -1.26. The number of carboxylic acids is 1. The van der Waals surface area contributed by atoms with Crippen LogP contribution in [-0.4, -0.2) is 53.8 Å². The summed E-state index contributed by atoms with van der Waals surface area (Å²) >= 11 is 0. The largest absolute Gasteiger partial charge is 0.479 e. The molecule has 6 nitrogen and oxygen atoms in total. The van der Waals surface area contributed by atoms with Crippen molar-refractivity contribution in [3.05, 3.63) is 0 Å². The molecule has 1 aliphatic carbocycles. The average molecular weight is 284 g/mol. The van der Waals surface area contributed by atoms with Gasteiger partial charge in [-0.2, -0.15) is 0 Å². The normalized spacial score (nSPS) is 33.7. The van der Waals surface area contributed by atoms with E-state index in [2.05, 4.69) is 12.2 Å². The highest BCUT2D eigenvalue weighted by atomic mass is 16.5. The maximum Gasteiger partial charge on any atom is 0.332 e. The smallest absolute Gasteiger partial charge is 0.332 e. The van der Waals surface area contributed by atoms with Crippen molar-refractivity contribution in [1.29, 1.82) is 0 Å². The highest BCUT2D eigenvalue weighted by molar-refractivity contribution is 5.86. The second kappa shape index (κ2) is 5.99. The maximum absolute atomic E-state index is 12.3. The number of hydrogen-bond acceptors (Lipinski definition) is 3. The van der Waals surface area contributed by atoms with Crippen molar-refractivity contribution in [2.75, 3.05) is 20.3 Å². The van der Waals surface area contributed by atoms with E-state index in [-0.39, 0.29) is 18.7 Å². The fourth-order valence-electron chi connectivity index (χ4n) is 2.97. The molecule has 1 unspecified atom stereocenters. The van der Waals surface area contributed by atoms with Crippen LogP contribution in [0.25, 0.3) is 0 Å². The van der Waals surface area contributed by atoms with Crippen LogP contribution < -0.4 is 5.32 Å². The molecule has 2 fully saturated rings. The zero-order valence-corrected chi connectivity index (χ0v) is 12.2. The van der Waals surface area contributed by atoms with E-state index in [4.69, 9.17) is 4.74 Å². The number of carbonyl (C=O) groups excluding carboxylic acids is 1. The molecule has 6 heteroatoms. The molecule has 0 aromatic heterocycles. The van der Waals surface area contributed by atoms with Gasteiger partial charge in [0.1, 0.15) is 0 Å². The summed E-state index contributed by atoms with van der Waals surface area (Å²) in [5.74, 6) is -0.301. The van der Waals surface area contributed by atoms with Gasteiger partial charge in [-0.15, -0.1) is 0 Å². The number of carbonyl (C=O) groups is 2. The minimum Gasteiger partial charge on any atom is -0.479 e. The van der Waals surface area contributed by atoms with Crippen molar-refractivity contribution < 1.29 is 19.4 Å². The Morgan fingerprint density at radius 3 is 2.45 bits per heavy atom. The second-order valence-electron chi connectivity index (χ2n) is 6.14. The van der Waals surface area contributed by atoms with Crippen molar-refractivity contribution in [2.45, 2.75) is 50.6 Å². The SMILES string of the molecule is CC1CCC(N(C)C(=O)NC2(C(=O)O)CCOC2)CC1. The summed E-state index contributed by atoms with van der Waals surface area (Å²) in [6.45, 7) is 2.65. The molecule has 0 aromatic rings. The van der Waals surface area contributed by atoms with Crippen LogP contribution >= 0.6 is 0 Å². The number of hydrogen-bond donors (Lipinski definition) is 2. The number of urea groups is 1. The molecule has 2 aliphatic rings. The number of rotatable bonds is 3. The van der Waals surface area contributed by atoms with Gasteiger partial charge in [0.2, 0.25) is 0 Å². The first kappa shape index (κ1) is 15.1. The summed E-state index contributed by atoms with van der Waals surface area (Å²) < 4.78 is 5.15. The van der Waals surface area contributed by atoms with Crippen LogP contribution in [-0.2, 0) is 9.53 Å². The molecule has 1 saturated carbocycles. The molecular formula is C14H24N2O4. The van der Waals surface area contributed by atoms with Gasteiger partial charge in [-0.25, -0.2) is 9.59 Å². The molecule has 1 atom stereocenters. The third-order valence-corrected chi connectivity index (χ3v) is 4.63. The minimum absolute atomic E-state index is 0.0453. The standard InChI is InChI=1S/C14H24N2O4/c1-10-3-5-11(6-4-10)16(2)13(19)15-14(12(17)18)7-8-20-9-14/h10-11H,3-9H2,1-2H3,(H,15,19)(H,17,18). The Hall–Kier alpha value is -1.30. The van der Waals surface area contributed by atoms with Crippen molar-refractivity contribution in [3.63, 3.8) is 0 Å². The van der Waals surface area contributed by atoms with Gasteiger partial charge in [-0.05, 0) is 31.6 Å².